The third kappa shape index (κ3) is 4.14. The topological polar surface area (TPSA) is 75.4 Å². The average Bonchev–Trinajstić information content (AvgIpc) is 3.11. The van der Waals surface area contributed by atoms with Crippen LogP contribution in [-0.4, -0.2) is 49.4 Å². The third-order valence-electron chi connectivity index (χ3n) is 3.77. The normalized spacial score (nSPS) is 17.9. The smallest absolute Gasteiger partial charge is 0.242 e. The number of sulfonamides is 1. The van der Waals surface area contributed by atoms with Crippen molar-refractivity contribution >= 4 is 21.8 Å². The van der Waals surface area contributed by atoms with Gasteiger partial charge in [-0.1, -0.05) is 0 Å². The summed E-state index contributed by atoms with van der Waals surface area (Å²) in [5.41, 5.74) is 0. The quantitative estimate of drug-likeness (QED) is 0.853. The first kappa shape index (κ1) is 16.5. The Bertz CT molecular complexity index is 699. The molecular weight excluding hydrogens is 334 g/mol. The minimum atomic E-state index is -3.57. The van der Waals surface area contributed by atoms with E-state index in [1.54, 1.807) is 18.5 Å². The Morgan fingerprint density at radius 1 is 1.30 bits per heavy atom. The van der Waals surface area contributed by atoms with Crippen molar-refractivity contribution in [2.24, 2.45) is 0 Å². The highest BCUT2D eigenvalue weighted by Crippen LogP contribution is 2.24. The van der Waals surface area contributed by atoms with E-state index in [0.717, 1.165) is 30.4 Å². The molecule has 1 aliphatic rings. The number of rotatable bonds is 6. The Balaban J connectivity index is 1.74. The predicted octanol–water partition coefficient (Wildman–Crippen LogP) is 1.74. The van der Waals surface area contributed by atoms with Crippen molar-refractivity contribution in [3.8, 4) is 0 Å². The van der Waals surface area contributed by atoms with Crippen LogP contribution in [0, 0.1) is 0 Å². The van der Waals surface area contributed by atoms with Gasteiger partial charge >= 0.3 is 0 Å². The van der Waals surface area contributed by atoms with Crippen molar-refractivity contribution in [2.75, 3.05) is 31.1 Å². The van der Waals surface area contributed by atoms with Crippen LogP contribution in [-0.2, 0) is 10.0 Å². The van der Waals surface area contributed by atoms with Gasteiger partial charge in [-0.25, -0.2) is 13.1 Å². The van der Waals surface area contributed by atoms with Gasteiger partial charge < -0.3 is 4.42 Å². The largest absolute Gasteiger partial charge is 0.468 e. The van der Waals surface area contributed by atoms with Crippen LogP contribution in [0.4, 0.5) is 0 Å². The SMILES string of the molecule is O=S(=O)(NCC(c1ccco1)N1CCSCC1)c1cccnc1. The molecule has 6 nitrogen and oxygen atoms in total. The number of thioether (sulfide) groups is 1. The second-order valence-corrected chi connectivity index (χ2v) is 8.21. The highest BCUT2D eigenvalue weighted by atomic mass is 32.2. The van der Waals surface area contributed by atoms with E-state index in [1.807, 2.05) is 23.9 Å². The zero-order chi connectivity index (χ0) is 16.1. The van der Waals surface area contributed by atoms with Gasteiger partial charge in [-0.2, -0.15) is 11.8 Å². The van der Waals surface area contributed by atoms with Crippen molar-refractivity contribution in [1.82, 2.24) is 14.6 Å². The highest BCUT2D eigenvalue weighted by molar-refractivity contribution is 7.99. The van der Waals surface area contributed by atoms with Gasteiger partial charge in [0.05, 0.1) is 12.3 Å². The molecule has 3 heterocycles. The molecule has 0 radical (unpaired) electrons. The molecule has 8 heteroatoms. The van der Waals surface area contributed by atoms with Crippen LogP contribution in [0.3, 0.4) is 0 Å². The van der Waals surface area contributed by atoms with E-state index in [1.165, 1.54) is 12.3 Å². The predicted molar refractivity (Wildman–Crippen MR) is 89.8 cm³/mol. The molecule has 0 spiro atoms. The second kappa shape index (κ2) is 7.48. The minimum absolute atomic E-state index is 0.0997. The lowest BCUT2D eigenvalue weighted by Gasteiger charge is -2.33. The van der Waals surface area contributed by atoms with E-state index < -0.39 is 10.0 Å². The standard InChI is InChI=1S/C15H19N3O3S2/c19-23(20,13-3-1-5-16-11-13)17-12-14(15-4-2-8-21-15)18-6-9-22-10-7-18/h1-5,8,11,14,17H,6-7,9-10,12H2. The molecule has 1 N–H and O–H groups in total. The molecule has 1 saturated heterocycles. The molecule has 0 aromatic carbocycles. The summed E-state index contributed by atoms with van der Waals surface area (Å²) < 4.78 is 33.0. The van der Waals surface area contributed by atoms with Gasteiger partial charge in [0.1, 0.15) is 10.7 Å². The van der Waals surface area contributed by atoms with Gasteiger partial charge in [-0.15, -0.1) is 0 Å². The Hall–Kier alpha value is -1.35. The molecule has 0 bridgehead atoms. The number of hydrogen-bond acceptors (Lipinski definition) is 6. The second-order valence-electron chi connectivity index (χ2n) is 5.22. The van der Waals surface area contributed by atoms with Crippen molar-refractivity contribution in [3.63, 3.8) is 0 Å². The van der Waals surface area contributed by atoms with E-state index in [-0.39, 0.29) is 17.5 Å². The van der Waals surface area contributed by atoms with Gasteiger partial charge in [-0.05, 0) is 24.3 Å². The lowest BCUT2D eigenvalue weighted by Crippen LogP contribution is -2.41. The molecule has 0 saturated carbocycles. The van der Waals surface area contributed by atoms with E-state index in [2.05, 4.69) is 14.6 Å². The highest BCUT2D eigenvalue weighted by Gasteiger charge is 2.26. The summed E-state index contributed by atoms with van der Waals surface area (Å²) in [5.74, 6) is 2.88. The van der Waals surface area contributed by atoms with Crippen LogP contribution < -0.4 is 4.72 Å². The van der Waals surface area contributed by atoms with Gasteiger partial charge in [-0.3, -0.25) is 9.88 Å². The van der Waals surface area contributed by atoms with Crippen LogP contribution in [0.15, 0.2) is 52.2 Å². The zero-order valence-corrected chi connectivity index (χ0v) is 14.2. The molecule has 0 amide bonds. The van der Waals surface area contributed by atoms with Crippen LogP contribution in [0.2, 0.25) is 0 Å². The summed E-state index contributed by atoms with van der Waals surface area (Å²) in [6.07, 6.45) is 4.52. The molecule has 2 aromatic rings. The first-order valence-electron chi connectivity index (χ1n) is 7.42. The first-order valence-corrected chi connectivity index (χ1v) is 10.1. The van der Waals surface area contributed by atoms with Gasteiger partial charge in [0.2, 0.25) is 10.0 Å². The van der Waals surface area contributed by atoms with Crippen molar-refractivity contribution < 1.29 is 12.8 Å². The molecule has 1 atom stereocenters. The van der Waals surface area contributed by atoms with Crippen molar-refractivity contribution in [3.05, 3.63) is 48.7 Å². The van der Waals surface area contributed by atoms with Crippen LogP contribution >= 0.6 is 11.8 Å². The van der Waals surface area contributed by atoms with E-state index in [4.69, 9.17) is 4.42 Å². The van der Waals surface area contributed by atoms with Crippen molar-refractivity contribution in [2.45, 2.75) is 10.9 Å². The lowest BCUT2D eigenvalue weighted by atomic mass is 10.2. The fourth-order valence-corrected chi connectivity index (χ4v) is 4.49. The molecule has 1 aliphatic heterocycles. The monoisotopic (exact) mass is 353 g/mol. The Kier molecular flexibility index (Phi) is 5.37. The number of pyridine rings is 1. The Labute approximate surface area is 140 Å². The molecule has 3 rings (SSSR count). The number of hydrogen-bond donors (Lipinski definition) is 1. The Morgan fingerprint density at radius 2 is 2.13 bits per heavy atom. The molecule has 0 aliphatic carbocycles. The number of nitrogens with one attached hydrogen (secondary N) is 1. The first-order chi connectivity index (χ1) is 11.2. The van der Waals surface area contributed by atoms with Gasteiger partial charge in [0, 0.05) is 43.5 Å². The van der Waals surface area contributed by atoms with E-state index in [9.17, 15) is 8.42 Å². The maximum atomic E-state index is 12.4. The molecule has 1 unspecified atom stereocenters. The van der Waals surface area contributed by atoms with Crippen LogP contribution in [0.5, 0.6) is 0 Å². The molecule has 2 aromatic heterocycles. The summed E-state index contributed by atoms with van der Waals surface area (Å²) in [6.45, 7) is 2.12. The number of aromatic nitrogens is 1. The average molecular weight is 353 g/mol. The fraction of sp³-hybridized carbons (Fsp3) is 0.400. The van der Waals surface area contributed by atoms with Crippen LogP contribution in [0.25, 0.3) is 0 Å². The molecule has 124 valence electrons. The summed E-state index contributed by atoms with van der Waals surface area (Å²) in [7, 11) is -3.57. The molecule has 23 heavy (non-hydrogen) atoms. The van der Waals surface area contributed by atoms with Crippen molar-refractivity contribution in [1.29, 1.82) is 0 Å². The van der Waals surface area contributed by atoms with E-state index >= 15 is 0 Å². The fourth-order valence-electron chi connectivity index (χ4n) is 2.56. The Morgan fingerprint density at radius 3 is 2.78 bits per heavy atom. The van der Waals surface area contributed by atoms with Gasteiger partial charge in [0.15, 0.2) is 0 Å². The maximum Gasteiger partial charge on any atom is 0.242 e. The molecule has 1 fully saturated rings. The molecular formula is C15H19N3O3S2. The van der Waals surface area contributed by atoms with Gasteiger partial charge in [0.25, 0.3) is 0 Å². The van der Waals surface area contributed by atoms with E-state index in [0.29, 0.717) is 0 Å². The lowest BCUT2D eigenvalue weighted by molar-refractivity contribution is 0.193. The summed E-state index contributed by atoms with van der Waals surface area (Å²) in [5, 5.41) is 0. The zero-order valence-electron chi connectivity index (χ0n) is 12.6. The minimum Gasteiger partial charge on any atom is -0.468 e. The number of furan rings is 1. The summed E-state index contributed by atoms with van der Waals surface area (Å²) >= 11 is 1.91. The summed E-state index contributed by atoms with van der Waals surface area (Å²) in [4.78, 5) is 6.31. The summed E-state index contributed by atoms with van der Waals surface area (Å²) in [6, 6.07) is 6.77. The van der Waals surface area contributed by atoms with Crippen LogP contribution in [0.1, 0.15) is 11.8 Å². The maximum absolute atomic E-state index is 12.4. The number of nitrogens with zero attached hydrogens (tertiary/aromatic N) is 2. The third-order valence-corrected chi connectivity index (χ3v) is 6.12.